The summed E-state index contributed by atoms with van der Waals surface area (Å²) in [4.78, 5) is 11.1. The predicted octanol–water partition coefficient (Wildman–Crippen LogP) is 4.65. The van der Waals surface area contributed by atoms with E-state index in [1.807, 2.05) is 60.7 Å². The van der Waals surface area contributed by atoms with Crippen LogP contribution in [-0.4, -0.2) is 12.1 Å². The third-order valence-corrected chi connectivity index (χ3v) is 4.18. The van der Waals surface area contributed by atoms with Gasteiger partial charge in [0.2, 0.25) is 5.91 Å². The monoisotopic (exact) mass is 396 g/mol. The normalized spacial score (nSPS) is 11.0. The van der Waals surface area contributed by atoms with Gasteiger partial charge in [-0.15, -0.1) is 0 Å². The molecule has 0 fully saturated rings. The smallest absolute Gasteiger partial charge is 0.236 e. The molecule has 3 rings (SSSR count). The Morgan fingerprint density at radius 1 is 1.12 bits per heavy atom. The first-order valence-corrected chi connectivity index (χ1v) is 8.61. The number of nitrogens with one attached hydrogen (secondary N) is 1. The molecule has 0 aliphatic rings. The highest BCUT2D eigenvalue weighted by Crippen LogP contribution is 2.27. The highest BCUT2D eigenvalue weighted by atomic mass is 79.9. The van der Waals surface area contributed by atoms with Crippen LogP contribution in [0.5, 0.6) is 5.75 Å². The number of benzene rings is 3. The highest BCUT2D eigenvalue weighted by molar-refractivity contribution is 9.10. The van der Waals surface area contributed by atoms with Gasteiger partial charge in [0.1, 0.15) is 12.4 Å². The van der Waals surface area contributed by atoms with Gasteiger partial charge in [-0.1, -0.05) is 58.4 Å². The summed E-state index contributed by atoms with van der Waals surface area (Å²) in [5, 5.41) is 6.11. The number of carbonyl (C=O) groups is 1. The van der Waals surface area contributed by atoms with Gasteiger partial charge in [-0.05, 0) is 34.5 Å². The number of rotatable bonds is 5. The van der Waals surface area contributed by atoms with Crippen molar-refractivity contribution in [3.05, 3.63) is 76.3 Å². The van der Waals surface area contributed by atoms with Gasteiger partial charge in [-0.2, -0.15) is 5.10 Å². The van der Waals surface area contributed by atoms with E-state index in [4.69, 9.17) is 4.74 Å². The fraction of sp³-hybridized carbons (Fsp3) is 0.100. The maximum atomic E-state index is 11.1. The lowest BCUT2D eigenvalue weighted by atomic mass is 10.0. The molecule has 1 N–H and O–H groups in total. The second kappa shape index (κ2) is 7.94. The molecule has 126 valence electrons. The minimum absolute atomic E-state index is 0.214. The van der Waals surface area contributed by atoms with Crippen LogP contribution in [-0.2, 0) is 11.4 Å². The van der Waals surface area contributed by atoms with E-state index in [0.717, 1.165) is 32.1 Å². The Bertz CT molecular complexity index is 921. The highest BCUT2D eigenvalue weighted by Gasteiger charge is 2.08. The van der Waals surface area contributed by atoms with E-state index in [0.29, 0.717) is 6.61 Å². The van der Waals surface area contributed by atoms with Crippen molar-refractivity contribution in [2.75, 3.05) is 0 Å². The third-order valence-electron chi connectivity index (χ3n) is 3.65. The summed E-state index contributed by atoms with van der Waals surface area (Å²) >= 11 is 3.43. The number of halogens is 1. The molecule has 5 heteroatoms. The number of hydrogen-bond donors (Lipinski definition) is 1. The molecular formula is C20H17BrN2O2. The zero-order chi connectivity index (χ0) is 17.6. The molecule has 0 spiro atoms. The van der Waals surface area contributed by atoms with Gasteiger partial charge in [-0.25, -0.2) is 5.43 Å². The first kappa shape index (κ1) is 17.2. The Morgan fingerprint density at radius 2 is 1.88 bits per heavy atom. The molecule has 0 radical (unpaired) electrons. The Morgan fingerprint density at radius 3 is 2.64 bits per heavy atom. The van der Waals surface area contributed by atoms with Crippen molar-refractivity contribution in [3.8, 4) is 5.75 Å². The second-order valence-electron chi connectivity index (χ2n) is 5.54. The van der Waals surface area contributed by atoms with Gasteiger partial charge in [-0.3, -0.25) is 4.79 Å². The number of amides is 1. The molecule has 4 nitrogen and oxygen atoms in total. The lowest BCUT2D eigenvalue weighted by Crippen LogP contribution is -2.12. The maximum Gasteiger partial charge on any atom is 0.236 e. The average molecular weight is 397 g/mol. The molecular weight excluding hydrogens is 380 g/mol. The minimum atomic E-state index is -0.214. The number of ether oxygens (including phenoxy) is 1. The Balaban J connectivity index is 1.91. The molecule has 0 bridgehead atoms. The summed E-state index contributed by atoms with van der Waals surface area (Å²) in [6.07, 6.45) is 1.63. The van der Waals surface area contributed by atoms with E-state index in [1.54, 1.807) is 6.21 Å². The zero-order valence-corrected chi connectivity index (χ0v) is 15.3. The molecule has 3 aromatic carbocycles. The molecule has 3 aromatic rings. The molecule has 0 saturated heterocycles. The standard InChI is InChI=1S/C20H17BrN2O2/c1-14(24)23-22-12-19-18-5-3-2-4-16(18)8-11-20(19)25-13-15-6-9-17(21)10-7-15/h2-12H,13H2,1H3,(H,23,24)/b22-12-. The van der Waals surface area contributed by atoms with E-state index in [-0.39, 0.29) is 5.91 Å². The van der Waals surface area contributed by atoms with E-state index >= 15 is 0 Å². The lowest BCUT2D eigenvalue weighted by molar-refractivity contribution is -0.118. The Kier molecular flexibility index (Phi) is 5.46. The summed E-state index contributed by atoms with van der Waals surface area (Å²) in [7, 11) is 0. The lowest BCUT2D eigenvalue weighted by Gasteiger charge is -2.12. The molecule has 0 aromatic heterocycles. The fourth-order valence-electron chi connectivity index (χ4n) is 2.46. The van der Waals surface area contributed by atoms with Crippen molar-refractivity contribution in [3.63, 3.8) is 0 Å². The van der Waals surface area contributed by atoms with Crippen molar-refractivity contribution >= 4 is 38.8 Å². The zero-order valence-electron chi connectivity index (χ0n) is 13.7. The van der Waals surface area contributed by atoms with Crippen LogP contribution in [0.15, 0.2) is 70.2 Å². The van der Waals surface area contributed by atoms with Gasteiger partial charge in [0.15, 0.2) is 0 Å². The van der Waals surface area contributed by atoms with Crippen LogP contribution in [0.2, 0.25) is 0 Å². The van der Waals surface area contributed by atoms with Gasteiger partial charge in [0.25, 0.3) is 0 Å². The minimum Gasteiger partial charge on any atom is -0.488 e. The molecule has 0 aliphatic carbocycles. The Labute approximate surface area is 154 Å². The Hall–Kier alpha value is -2.66. The van der Waals surface area contributed by atoms with Crippen LogP contribution in [0.3, 0.4) is 0 Å². The SMILES string of the molecule is CC(=O)N/N=C\c1c(OCc2ccc(Br)cc2)ccc2ccccc12. The van der Waals surface area contributed by atoms with Crippen molar-refractivity contribution < 1.29 is 9.53 Å². The van der Waals surface area contributed by atoms with Crippen LogP contribution < -0.4 is 10.2 Å². The summed E-state index contributed by atoms with van der Waals surface area (Å²) < 4.78 is 7.04. The summed E-state index contributed by atoms with van der Waals surface area (Å²) in [6, 6.07) is 19.9. The van der Waals surface area contributed by atoms with Gasteiger partial charge < -0.3 is 4.74 Å². The molecule has 0 unspecified atom stereocenters. The average Bonchev–Trinajstić information content (AvgIpc) is 2.62. The van der Waals surface area contributed by atoms with Crippen molar-refractivity contribution in [1.82, 2.24) is 5.43 Å². The molecule has 0 heterocycles. The summed E-state index contributed by atoms with van der Waals surface area (Å²) in [6.45, 7) is 1.87. The van der Waals surface area contributed by atoms with E-state index in [2.05, 4.69) is 26.5 Å². The number of fused-ring (bicyclic) bond motifs is 1. The van der Waals surface area contributed by atoms with Gasteiger partial charge >= 0.3 is 0 Å². The fourth-order valence-corrected chi connectivity index (χ4v) is 2.73. The van der Waals surface area contributed by atoms with Crippen molar-refractivity contribution in [2.24, 2.45) is 5.10 Å². The molecule has 1 amide bonds. The first-order chi connectivity index (χ1) is 12.1. The summed E-state index contributed by atoms with van der Waals surface area (Å²) in [5.74, 6) is 0.504. The van der Waals surface area contributed by atoms with E-state index in [1.165, 1.54) is 6.92 Å². The topological polar surface area (TPSA) is 50.7 Å². The van der Waals surface area contributed by atoms with Crippen molar-refractivity contribution in [2.45, 2.75) is 13.5 Å². The largest absolute Gasteiger partial charge is 0.488 e. The van der Waals surface area contributed by atoms with Crippen LogP contribution in [0.25, 0.3) is 10.8 Å². The predicted molar refractivity (Wildman–Crippen MR) is 104 cm³/mol. The van der Waals surface area contributed by atoms with Crippen LogP contribution in [0, 0.1) is 0 Å². The van der Waals surface area contributed by atoms with Gasteiger partial charge in [0.05, 0.1) is 6.21 Å². The number of nitrogens with zero attached hydrogens (tertiary/aromatic N) is 1. The van der Waals surface area contributed by atoms with Gasteiger partial charge in [0, 0.05) is 17.0 Å². The first-order valence-electron chi connectivity index (χ1n) is 7.82. The quantitative estimate of drug-likeness (QED) is 0.503. The van der Waals surface area contributed by atoms with Crippen LogP contribution >= 0.6 is 15.9 Å². The third kappa shape index (κ3) is 4.45. The number of carbonyl (C=O) groups excluding carboxylic acids is 1. The van der Waals surface area contributed by atoms with Crippen molar-refractivity contribution in [1.29, 1.82) is 0 Å². The molecule has 0 saturated carbocycles. The van der Waals surface area contributed by atoms with Crippen LogP contribution in [0.1, 0.15) is 18.1 Å². The molecule has 25 heavy (non-hydrogen) atoms. The number of hydrogen-bond acceptors (Lipinski definition) is 3. The molecule has 0 atom stereocenters. The van der Waals surface area contributed by atoms with Crippen LogP contribution in [0.4, 0.5) is 0 Å². The maximum absolute atomic E-state index is 11.1. The van der Waals surface area contributed by atoms with E-state index in [9.17, 15) is 4.79 Å². The molecule has 0 aliphatic heterocycles. The number of hydrazone groups is 1. The summed E-state index contributed by atoms with van der Waals surface area (Å²) in [5.41, 5.74) is 4.34. The second-order valence-corrected chi connectivity index (χ2v) is 6.46. The van der Waals surface area contributed by atoms with E-state index < -0.39 is 0 Å².